The Morgan fingerprint density at radius 3 is 3.00 bits per heavy atom. The number of hydrogen-bond acceptors (Lipinski definition) is 3. The third-order valence-corrected chi connectivity index (χ3v) is 1.18. The smallest absolute Gasteiger partial charge is 0.347 e. The van der Waals surface area contributed by atoms with E-state index in [0.717, 1.165) is 0 Å². The van der Waals surface area contributed by atoms with Crippen LogP contribution in [0.25, 0.3) is 0 Å². The maximum absolute atomic E-state index is 10.7. The average Bonchev–Trinajstić information content (AvgIpc) is 1.95. The predicted octanol–water partition coefficient (Wildman–Crippen LogP) is -0.727. The van der Waals surface area contributed by atoms with Gasteiger partial charge >= 0.3 is 5.69 Å². The molecule has 4 nitrogen and oxygen atoms in total. The van der Waals surface area contributed by atoms with Crippen molar-refractivity contribution in [2.75, 3.05) is 0 Å². The van der Waals surface area contributed by atoms with Crippen LogP contribution in [0.4, 0.5) is 0 Å². The lowest BCUT2D eigenvalue weighted by Gasteiger charge is -1.96. The molecule has 0 fully saturated rings. The molecule has 0 aromatic carbocycles. The maximum atomic E-state index is 10.7. The number of aromatic nitrogens is 2. The van der Waals surface area contributed by atoms with E-state index in [4.69, 9.17) is 5.11 Å². The number of aliphatic hydroxyl groups is 1. The van der Waals surface area contributed by atoms with Gasteiger partial charge in [0.05, 0.1) is 6.61 Å². The quantitative estimate of drug-likeness (QED) is 0.559. The van der Waals surface area contributed by atoms with Crippen molar-refractivity contribution in [3.63, 3.8) is 0 Å². The second-order valence-corrected chi connectivity index (χ2v) is 2.01. The Balaban J connectivity index is 3.17. The van der Waals surface area contributed by atoms with Gasteiger partial charge in [-0.05, 0) is 0 Å². The van der Waals surface area contributed by atoms with E-state index in [1.54, 1.807) is 13.2 Å². The molecule has 1 N–H and O–H groups in total. The van der Waals surface area contributed by atoms with E-state index in [9.17, 15) is 4.79 Å². The molecule has 1 aromatic rings. The van der Waals surface area contributed by atoms with Crippen LogP contribution in [0.3, 0.4) is 0 Å². The lowest BCUT2D eigenvalue weighted by atomic mass is 10.4. The minimum Gasteiger partial charge on any atom is -0.392 e. The highest BCUT2D eigenvalue weighted by molar-refractivity contribution is 5.00. The third-order valence-electron chi connectivity index (χ3n) is 1.18. The third kappa shape index (κ3) is 1.22. The number of aryl methyl sites for hydroxylation is 1. The van der Waals surface area contributed by atoms with Crippen molar-refractivity contribution < 1.29 is 5.11 Å². The van der Waals surface area contributed by atoms with E-state index >= 15 is 0 Å². The van der Waals surface area contributed by atoms with Gasteiger partial charge in [0.2, 0.25) is 0 Å². The molecule has 0 aliphatic heterocycles. The summed E-state index contributed by atoms with van der Waals surface area (Å²) in [5, 5.41) is 8.60. The van der Waals surface area contributed by atoms with E-state index in [1.807, 2.05) is 0 Å². The van der Waals surface area contributed by atoms with Gasteiger partial charge in [0.1, 0.15) is 0 Å². The van der Waals surface area contributed by atoms with E-state index in [0.29, 0.717) is 5.56 Å². The highest BCUT2D eigenvalue weighted by Gasteiger charge is 1.92. The molecule has 0 atom stereocenters. The molecule has 0 saturated heterocycles. The monoisotopic (exact) mass is 140 g/mol. The Hall–Kier alpha value is -1.16. The van der Waals surface area contributed by atoms with Crippen molar-refractivity contribution in [3.8, 4) is 0 Å². The van der Waals surface area contributed by atoms with Gasteiger partial charge in [0.25, 0.3) is 0 Å². The summed E-state index contributed by atoms with van der Waals surface area (Å²) in [5.74, 6) is 0. The number of nitrogens with zero attached hydrogens (tertiary/aromatic N) is 2. The molecule has 4 heteroatoms. The molecule has 0 aliphatic carbocycles. The molecule has 0 spiro atoms. The number of aliphatic hydroxyl groups excluding tert-OH is 1. The van der Waals surface area contributed by atoms with Gasteiger partial charge in [-0.2, -0.15) is 0 Å². The topological polar surface area (TPSA) is 55.1 Å². The fourth-order valence-corrected chi connectivity index (χ4v) is 0.648. The minimum atomic E-state index is -0.308. The van der Waals surface area contributed by atoms with E-state index in [-0.39, 0.29) is 12.3 Å². The average molecular weight is 140 g/mol. The SMILES string of the molecule is Cn1cc(CO)cnc1=O. The zero-order chi connectivity index (χ0) is 7.56. The Morgan fingerprint density at radius 2 is 2.50 bits per heavy atom. The van der Waals surface area contributed by atoms with Crippen LogP contribution in [0.15, 0.2) is 17.2 Å². The second kappa shape index (κ2) is 2.62. The normalized spacial score (nSPS) is 9.80. The Morgan fingerprint density at radius 1 is 1.80 bits per heavy atom. The van der Waals surface area contributed by atoms with Gasteiger partial charge < -0.3 is 9.67 Å². The summed E-state index contributed by atoms with van der Waals surface area (Å²) >= 11 is 0. The van der Waals surface area contributed by atoms with Crippen LogP contribution in [0, 0.1) is 0 Å². The van der Waals surface area contributed by atoms with Crippen molar-refractivity contribution in [2.45, 2.75) is 6.61 Å². The summed E-state index contributed by atoms with van der Waals surface area (Å²) in [6, 6.07) is 0. The van der Waals surface area contributed by atoms with Crippen molar-refractivity contribution in [1.29, 1.82) is 0 Å². The summed E-state index contributed by atoms with van der Waals surface area (Å²) in [6.45, 7) is -0.0822. The van der Waals surface area contributed by atoms with Gasteiger partial charge in [-0.25, -0.2) is 9.78 Å². The summed E-state index contributed by atoms with van der Waals surface area (Å²) in [4.78, 5) is 14.2. The molecule has 0 bridgehead atoms. The molecule has 0 radical (unpaired) electrons. The van der Waals surface area contributed by atoms with Crippen LogP contribution in [-0.2, 0) is 13.7 Å². The van der Waals surface area contributed by atoms with Gasteiger partial charge in [0, 0.05) is 25.0 Å². The lowest BCUT2D eigenvalue weighted by molar-refractivity contribution is 0.280. The summed E-state index contributed by atoms with van der Waals surface area (Å²) in [6.07, 6.45) is 2.91. The largest absolute Gasteiger partial charge is 0.392 e. The van der Waals surface area contributed by atoms with Crippen LogP contribution in [0.5, 0.6) is 0 Å². The van der Waals surface area contributed by atoms with Gasteiger partial charge in [-0.3, -0.25) is 0 Å². The Labute approximate surface area is 57.8 Å². The molecule has 0 unspecified atom stereocenters. The van der Waals surface area contributed by atoms with Crippen molar-refractivity contribution in [3.05, 3.63) is 28.4 Å². The summed E-state index contributed by atoms with van der Waals surface area (Å²) < 4.78 is 1.32. The van der Waals surface area contributed by atoms with E-state index < -0.39 is 0 Å². The summed E-state index contributed by atoms with van der Waals surface area (Å²) in [5.41, 5.74) is 0.333. The van der Waals surface area contributed by atoms with E-state index in [2.05, 4.69) is 4.98 Å². The number of rotatable bonds is 1. The number of hydrogen-bond donors (Lipinski definition) is 1. The molecule has 10 heavy (non-hydrogen) atoms. The van der Waals surface area contributed by atoms with Crippen molar-refractivity contribution in [1.82, 2.24) is 9.55 Å². The summed E-state index contributed by atoms with van der Waals surface area (Å²) in [7, 11) is 1.59. The lowest BCUT2D eigenvalue weighted by Crippen LogP contribution is -2.19. The van der Waals surface area contributed by atoms with E-state index in [1.165, 1.54) is 10.8 Å². The molecular formula is C6H8N2O2. The van der Waals surface area contributed by atoms with Crippen molar-refractivity contribution in [2.24, 2.45) is 7.05 Å². The molecule has 54 valence electrons. The fourth-order valence-electron chi connectivity index (χ4n) is 0.648. The molecular weight excluding hydrogens is 132 g/mol. The molecule has 1 rings (SSSR count). The highest BCUT2D eigenvalue weighted by atomic mass is 16.3. The standard InChI is InChI=1S/C6H8N2O2/c1-8-3-5(4-9)2-7-6(8)10/h2-3,9H,4H2,1H3. The zero-order valence-corrected chi connectivity index (χ0v) is 5.61. The first kappa shape index (κ1) is 6.95. The maximum Gasteiger partial charge on any atom is 0.347 e. The second-order valence-electron chi connectivity index (χ2n) is 2.01. The first-order valence-electron chi connectivity index (χ1n) is 2.86. The fraction of sp³-hybridized carbons (Fsp3) is 0.333. The first-order valence-corrected chi connectivity index (χ1v) is 2.86. The van der Waals surface area contributed by atoms with Crippen LogP contribution in [-0.4, -0.2) is 14.7 Å². The Kier molecular flexibility index (Phi) is 1.82. The zero-order valence-electron chi connectivity index (χ0n) is 5.61. The molecule has 0 amide bonds. The van der Waals surface area contributed by atoms with Crippen LogP contribution in [0.2, 0.25) is 0 Å². The highest BCUT2D eigenvalue weighted by Crippen LogP contribution is 1.89. The van der Waals surface area contributed by atoms with Gasteiger partial charge in [-0.1, -0.05) is 0 Å². The molecule has 0 saturated carbocycles. The Bertz CT molecular complexity index is 279. The van der Waals surface area contributed by atoms with Gasteiger partial charge in [0.15, 0.2) is 0 Å². The predicted molar refractivity (Wildman–Crippen MR) is 35.4 cm³/mol. The molecule has 1 heterocycles. The first-order chi connectivity index (χ1) is 4.74. The minimum absolute atomic E-state index is 0.0822. The van der Waals surface area contributed by atoms with Crippen LogP contribution >= 0.6 is 0 Å². The van der Waals surface area contributed by atoms with Crippen LogP contribution in [0.1, 0.15) is 5.56 Å². The molecule has 1 aromatic heterocycles. The van der Waals surface area contributed by atoms with Crippen LogP contribution < -0.4 is 5.69 Å². The van der Waals surface area contributed by atoms with Gasteiger partial charge in [-0.15, -0.1) is 0 Å². The molecule has 0 aliphatic rings. The van der Waals surface area contributed by atoms with Crippen molar-refractivity contribution >= 4 is 0 Å².